The molecule has 4 rings (SSSR count). The van der Waals surface area contributed by atoms with Gasteiger partial charge in [-0.2, -0.15) is 0 Å². The molecular weight excluding hydrogens is 387 g/mol. The van der Waals surface area contributed by atoms with Crippen molar-refractivity contribution >= 4 is 64.5 Å². The second-order valence-electron chi connectivity index (χ2n) is 5.71. The van der Waals surface area contributed by atoms with E-state index in [1.54, 1.807) is 0 Å². The van der Waals surface area contributed by atoms with E-state index in [9.17, 15) is 0 Å². The lowest BCUT2D eigenvalue weighted by Crippen LogP contribution is -2.01. The molecule has 136 valence electrons. The molecule has 26 heavy (non-hydrogen) atoms. The SMILES string of the molecule is CCn1c(=S)[nH]c2c3cccc(NCc4ccccn4)c3ccc21.Cl.Cl. The Bertz CT molecular complexity index is 1070. The van der Waals surface area contributed by atoms with Gasteiger partial charge < -0.3 is 14.9 Å². The molecule has 0 amide bonds. The molecule has 7 heteroatoms. The minimum absolute atomic E-state index is 0. The summed E-state index contributed by atoms with van der Waals surface area (Å²) in [6, 6.07) is 16.6. The van der Waals surface area contributed by atoms with E-state index in [0.29, 0.717) is 6.54 Å². The van der Waals surface area contributed by atoms with Gasteiger partial charge in [0.05, 0.1) is 23.3 Å². The summed E-state index contributed by atoms with van der Waals surface area (Å²) in [7, 11) is 0. The Morgan fingerprint density at radius 1 is 1.04 bits per heavy atom. The van der Waals surface area contributed by atoms with Crippen molar-refractivity contribution in [3.05, 3.63) is 65.2 Å². The first-order chi connectivity index (χ1) is 11.8. The number of H-pyrrole nitrogens is 1. The number of imidazole rings is 1. The van der Waals surface area contributed by atoms with Crippen molar-refractivity contribution < 1.29 is 0 Å². The first-order valence-electron chi connectivity index (χ1n) is 8.06. The Labute approximate surface area is 169 Å². The van der Waals surface area contributed by atoms with E-state index >= 15 is 0 Å². The molecule has 0 aliphatic rings. The summed E-state index contributed by atoms with van der Waals surface area (Å²) in [6.45, 7) is 3.67. The fraction of sp³-hybridized carbons (Fsp3) is 0.158. The van der Waals surface area contributed by atoms with Crippen LogP contribution in [0.5, 0.6) is 0 Å². The maximum atomic E-state index is 5.45. The lowest BCUT2D eigenvalue weighted by molar-refractivity contribution is 0.774. The number of rotatable bonds is 4. The Balaban J connectivity index is 0.00000121. The maximum Gasteiger partial charge on any atom is 0.178 e. The van der Waals surface area contributed by atoms with Gasteiger partial charge >= 0.3 is 0 Å². The van der Waals surface area contributed by atoms with Crippen LogP contribution in [0.3, 0.4) is 0 Å². The number of nitrogens with zero attached hydrogens (tertiary/aromatic N) is 2. The fourth-order valence-electron chi connectivity index (χ4n) is 3.14. The summed E-state index contributed by atoms with van der Waals surface area (Å²) in [6.07, 6.45) is 1.82. The number of aryl methyl sites for hydroxylation is 1. The lowest BCUT2D eigenvalue weighted by atomic mass is 10.1. The molecule has 2 aromatic carbocycles. The quantitative estimate of drug-likeness (QED) is 0.425. The Kier molecular flexibility index (Phi) is 6.64. The van der Waals surface area contributed by atoms with E-state index in [4.69, 9.17) is 12.2 Å². The molecule has 0 unspecified atom stereocenters. The molecular formula is C19H20Cl2N4S. The molecule has 0 radical (unpaired) electrons. The Morgan fingerprint density at radius 3 is 2.62 bits per heavy atom. The third-order valence-electron chi connectivity index (χ3n) is 4.31. The summed E-state index contributed by atoms with van der Waals surface area (Å²) in [5, 5.41) is 5.85. The zero-order valence-corrected chi connectivity index (χ0v) is 16.7. The maximum absolute atomic E-state index is 5.45. The van der Waals surface area contributed by atoms with Crippen molar-refractivity contribution in [3.63, 3.8) is 0 Å². The number of fused-ring (bicyclic) bond motifs is 3. The van der Waals surface area contributed by atoms with Gasteiger partial charge in [-0.25, -0.2) is 0 Å². The van der Waals surface area contributed by atoms with Gasteiger partial charge in [-0.15, -0.1) is 24.8 Å². The van der Waals surface area contributed by atoms with E-state index in [2.05, 4.69) is 57.1 Å². The minimum Gasteiger partial charge on any atom is -0.379 e. The van der Waals surface area contributed by atoms with Gasteiger partial charge in [-0.1, -0.05) is 24.3 Å². The van der Waals surface area contributed by atoms with Crippen LogP contribution in [0.2, 0.25) is 0 Å². The molecule has 0 saturated carbocycles. The highest BCUT2D eigenvalue weighted by Gasteiger charge is 2.09. The van der Waals surface area contributed by atoms with E-state index in [0.717, 1.165) is 33.7 Å². The predicted octanol–water partition coefficient (Wildman–Crippen LogP) is 5.72. The number of anilines is 1. The topological polar surface area (TPSA) is 45.6 Å². The highest BCUT2D eigenvalue weighted by atomic mass is 35.5. The van der Waals surface area contributed by atoms with Crippen molar-refractivity contribution in [2.45, 2.75) is 20.0 Å². The second kappa shape index (κ2) is 8.54. The Hall–Kier alpha value is -2.08. The van der Waals surface area contributed by atoms with Crippen molar-refractivity contribution in [3.8, 4) is 0 Å². The number of aromatic nitrogens is 3. The summed E-state index contributed by atoms with van der Waals surface area (Å²) in [5.74, 6) is 0. The predicted molar refractivity (Wildman–Crippen MR) is 116 cm³/mol. The molecule has 0 aliphatic heterocycles. The van der Waals surface area contributed by atoms with Crippen LogP contribution in [0.25, 0.3) is 21.8 Å². The smallest absolute Gasteiger partial charge is 0.178 e. The molecule has 2 aromatic heterocycles. The van der Waals surface area contributed by atoms with Crippen molar-refractivity contribution in [2.75, 3.05) is 5.32 Å². The van der Waals surface area contributed by atoms with Crippen LogP contribution < -0.4 is 5.32 Å². The average Bonchev–Trinajstić information content (AvgIpc) is 2.96. The zero-order chi connectivity index (χ0) is 16.5. The van der Waals surface area contributed by atoms with Crippen molar-refractivity contribution in [2.24, 2.45) is 0 Å². The van der Waals surface area contributed by atoms with Gasteiger partial charge in [0.15, 0.2) is 4.77 Å². The standard InChI is InChI=1S/C19H18N4S.2ClH/c1-2-23-17-10-9-14-15(18(17)22-19(23)24)7-5-8-16(14)21-12-13-6-3-4-11-20-13;;/h3-11,21H,2,12H2,1H3,(H,22,24);2*1H. The van der Waals surface area contributed by atoms with Gasteiger partial charge in [0.25, 0.3) is 0 Å². The van der Waals surface area contributed by atoms with Gasteiger partial charge in [-0.05, 0) is 43.4 Å². The van der Waals surface area contributed by atoms with Crippen LogP contribution >= 0.6 is 37.0 Å². The third kappa shape index (κ3) is 3.56. The molecule has 2 heterocycles. The summed E-state index contributed by atoms with van der Waals surface area (Å²) >= 11 is 5.45. The van der Waals surface area contributed by atoms with Gasteiger partial charge in [-0.3, -0.25) is 4.98 Å². The monoisotopic (exact) mass is 406 g/mol. The van der Waals surface area contributed by atoms with Crippen LogP contribution in [-0.2, 0) is 13.1 Å². The molecule has 2 N–H and O–H groups in total. The number of nitrogens with one attached hydrogen (secondary N) is 2. The molecule has 0 aliphatic carbocycles. The molecule has 0 bridgehead atoms. The second-order valence-corrected chi connectivity index (χ2v) is 6.10. The average molecular weight is 407 g/mol. The first kappa shape index (κ1) is 20.2. The molecule has 4 nitrogen and oxygen atoms in total. The van der Waals surface area contributed by atoms with Crippen LogP contribution in [0, 0.1) is 4.77 Å². The number of benzene rings is 2. The fourth-order valence-corrected chi connectivity index (χ4v) is 3.47. The third-order valence-corrected chi connectivity index (χ3v) is 4.63. The molecule has 0 fully saturated rings. The van der Waals surface area contributed by atoms with Crippen LogP contribution in [0.1, 0.15) is 12.6 Å². The lowest BCUT2D eigenvalue weighted by Gasteiger charge is -2.10. The number of aromatic amines is 1. The molecule has 0 spiro atoms. The molecule has 4 aromatic rings. The Morgan fingerprint density at radius 2 is 1.88 bits per heavy atom. The summed E-state index contributed by atoms with van der Waals surface area (Å²) < 4.78 is 2.89. The minimum atomic E-state index is 0. The van der Waals surface area contributed by atoms with E-state index < -0.39 is 0 Å². The largest absolute Gasteiger partial charge is 0.379 e. The summed E-state index contributed by atoms with van der Waals surface area (Å²) in [5.41, 5.74) is 4.37. The van der Waals surface area contributed by atoms with E-state index in [1.165, 1.54) is 10.8 Å². The molecule has 0 saturated heterocycles. The van der Waals surface area contributed by atoms with E-state index in [-0.39, 0.29) is 24.8 Å². The zero-order valence-electron chi connectivity index (χ0n) is 14.2. The number of pyridine rings is 1. The number of hydrogen-bond acceptors (Lipinski definition) is 3. The molecule has 0 atom stereocenters. The van der Waals surface area contributed by atoms with E-state index in [1.807, 2.05) is 24.4 Å². The van der Waals surface area contributed by atoms with Gasteiger partial charge in [0, 0.05) is 29.2 Å². The highest BCUT2D eigenvalue weighted by molar-refractivity contribution is 7.71. The van der Waals surface area contributed by atoms with Crippen LogP contribution in [-0.4, -0.2) is 14.5 Å². The highest BCUT2D eigenvalue weighted by Crippen LogP contribution is 2.30. The number of halogens is 2. The van der Waals surface area contributed by atoms with Crippen LogP contribution in [0.15, 0.2) is 54.7 Å². The van der Waals surface area contributed by atoms with Gasteiger partial charge in [0.2, 0.25) is 0 Å². The van der Waals surface area contributed by atoms with Crippen molar-refractivity contribution in [1.82, 2.24) is 14.5 Å². The van der Waals surface area contributed by atoms with Crippen LogP contribution in [0.4, 0.5) is 5.69 Å². The number of hydrogen-bond donors (Lipinski definition) is 2. The first-order valence-corrected chi connectivity index (χ1v) is 8.47. The normalized spacial score (nSPS) is 10.3. The van der Waals surface area contributed by atoms with Gasteiger partial charge in [0.1, 0.15) is 0 Å². The summed E-state index contributed by atoms with van der Waals surface area (Å²) in [4.78, 5) is 7.72. The van der Waals surface area contributed by atoms with Crippen molar-refractivity contribution in [1.29, 1.82) is 0 Å².